The van der Waals surface area contributed by atoms with Crippen LogP contribution in [-0.4, -0.2) is 44.8 Å². The van der Waals surface area contributed by atoms with Gasteiger partial charge in [-0.3, -0.25) is 9.59 Å². The van der Waals surface area contributed by atoms with Gasteiger partial charge in [0.2, 0.25) is 11.8 Å². The van der Waals surface area contributed by atoms with Crippen LogP contribution in [0.1, 0.15) is 50.3 Å². The van der Waals surface area contributed by atoms with Crippen molar-refractivity contribution in [2.24, 2.45) is 0 Å². The van der Waals surface area contributed by atoms with Crippen molar-refractivity contribution in [1.29, 1.82) is 0 Å². The lowest BCUT2D eigenvalue weighted by Gasteiger charge is -2.35. The lowest BCUT2D eigenvalue weighted by atomic mass is 9.93. The molecule has 1 aliphatic heterocycles. The highest BCUT2D eigenvalue weighted by Gasteiger charge is 2.40. The first-order chi connectivity index (χ1) is 11.9. The van der Waals surface area contributed by atoms with Crippen molar-refractivity contribution in [2.75, 3.05) is 0 Å². The van der Waals surface area contributed by atoms with E-state index in [1.807, 2.05) is 30.3 Å². The summed E-state index contributed by atoms with van der Waals surface area (Å²) in [5.41, 5.74) is 1.88. The first-order valence-electron chi connectivity index (χ1n) is 8.50. The van der Waals surface area contributed by atoms with Crippen molar-refractivity contribution in [3.05, 3.63) is 41.6 Å². The van der Waals surface area contributed by atoms with E-state index in [9.17, 15) is 19.5 Å². The molecule has 0 spiro atoms. The number of hydrogen-bond acceptors (Lipinski definition) is 3. The van der Waals surface area contributed by atoms with E-state index < -0.39 is 18.1 Å². The molecule has 1 aliphatic carbocycles. The molecule has 6 nitrogen and oxygen atoms in total. The van der Waals surface area contributed by atoms with Gasteiger partial charge in [0.25, 0.3) is 0 Å². The second-order valence-electron chi connectivity index (χ2n) is 6.64. The maximum Gasteiger partial charge on any atom is 0.326 e. The Balaban J connectivity index is 1.88. The van der Waals surface area contributed by atoms with Gasteiger partial charge in [-0.1, -0.05) is 24.3 Å². The van der Waals surface area contributed by atoms with Gasteiger partial charge in [-0.25, -0.2) is 4.79 Å². The van der Waals surface area contributed by atoms with Crippen LogP contribution in [0.25, 0.3) is 6.08 Å². The average Bonchev–Trinajstić information content (AvgIpc) is 3.39. The SMILES string of the molecule is CC(=O)N1C=Cc2ccccc2C1CC(=O)N(C1CC1)C(C)C(=O)O. The van der Waals surface area contributed by atoms with Crippen LogP contribution in [0.5, 0.6) is 0 Å². The summed E-state index contributed by atoms with van der Waals surface area (Å²) in [5.74, 6) is -1.38. The van der Waals surface area contributed by atoms with Crippen LogP contribution in [0.2, 0.25) is 0 Å². The van der Waals surface area contributed by atoms with Gasteiger partial charge in [0, 0.05) is 19.2 Å². The fourth-order valence-corrected chi connectivity index (χ4v) is 3.39. The Morgan fingerprint density at radius 3 is 2.56 bits per heavy atom. The molecule has 1 heterocycles. The number of carboxylic acids is 1. The van der Waals surface area contributed by atoms with Gasteiger partial charge in [0.1, 0.15) is 6.04 Å². The number of nitrogens with zero attached hydrogens (tertiary/aromatic N) is 2. The van der Waals surface area contributed by atoms with E-state index in [0.29, 0.717) is 0 Å². The lowest BCUT2D eigenvalue weighted by molar-refractivity contribution is -0.150. The number of benzene rings is 1. The third kappa shape index (κ3) is 3.43. The maximum absolute atomic E-state index is 12.9. The predicted molar refractivity (Wildman–Crippen MR) is 92.3 cm³/mol. The lowest BCUT2D eigenvalue weighted by Crippen LogP contribution is -2.46. The number of carbonyl (C=O) groups is 3. The Morgan fingerprint density at radius 1 is 1.28 bits per heavy atom. The Morgan fingerprint density at radius 2 is 1.96 bits per heavy atom. The zero-order valence-electron chi connectivity index (χ0n) is 14.4. The highest BCUT2D eigenvalue weighted by atomic mass is 16.4. The molecule has 2 aliphatic rings. The number of carbonyl (C=O) groups excluding carboxylic acids is 2. The van der Waals surface area contributed by atoms with E-state index in [1.165, 1.54) is 18.7 Å². The Labute approximate surface area is 146 Å². The fraction of sp³-hybridized carbons (Fsp3) is 0.421. The van der Waals surface area contributed by atoms with E-state index in [4.69, 9.17) is 0 Å². The van der Waals surface area contributed by atoms with Crippen molar-refractivity contribution in [2.45, 2.75) is 51.2 Å². The minimum absolute atomic E-state index is 0.00115. The standard InChI is InChI=1S/C19H22N2O4/c1-12(19(24)25)21(15-7-8-15)18(23)11-17-16-6-4-3-5-14(16)9-10-20(17)13(2)22/h3-6,9-10,12,15,17H,7-8,11H2,1-2H3,(H,24,25). The first-order valence-corrected chi connectivity index (χ1v) is 8.50. The maximum atomic E-state index is 12.9. The summed E-state index contributed by atoms with van der Waals surface area (Å²) >= 11 is 0. The highest BCUT2D eigenvalue weighted by molar-refractivity contribution is 5.86. The van der Waals surface area contributed by atoms with Gasteiger partial charge < -0.3 is 14.9 Å². The molecule has 1 saturated carbocycles. The van der Waals surface area contributed by atoms with Crippen molar-refractivity contribution >= 4 is 23.9 Å². The molecule has 1 N–H and O–H groups in total. The molecule has 0 saturated heterocycles. The zero-order valence-corrected chi connectivity index (χ0v) is 14.4. The topological polar surface area (TPSA) is 77.9 Å². The van der Waals surface area contributed by atoms with Crippen LogP contribution in [0.4, 0.5) is 0 Å². The van der Waals surface area contributed by atoms with Crippen LogP contribution in [0, 0.1) is 0 Å². The molecule has 6 heteroatoms. The largest absolute Gasteiger partial charge is 0.480 e. The molecule has 1 aromatic carbocycles. The van der Waals surface area contributed by atoms with Crippen LogP contribution in [0.15, 0.2) is 30.5 Å². The molecule has 0 radical (unpaired) electrons. The first kappa shape index (κ1) is 17.2. The molecular weight excluding hydrogens is 320 g/mol. The summed E-state index contributed by atoms with van der Waals surface area (Å²) in [7, 11) is 0. The van der Waals surface area contributed by atoms with Gasteiger partial charge in [0.15, 0.2) is 0 Å². The molecule has 2 amide bonds. The van der Waals surface area contributed by atoms with Gasteiger partial charge in [0.05, 0.1) is 12.5 Å². The van der Waals surface area contributed by atoms with Gasteiger partial charge >= 0.3 is 5.97 Å². The van der Waals surface area contributed by atoms with Gasteiger partial charge in [-0.05, 0) is 37.0 Å². The second kappa shape index (κ2) is 6.70. The van der Waals surface area contributed by atoms with Crippen molar-refractivity contribution < 1.29 is 19.5 Å². The van der Waals surface area contributed by atoms with E-state index >= 15 is 0 Å². The van der Waals surface area contributed by atoms with Crippen LogP contribution in [0.3, 0.4) is 0 Å². The van der Waals surface area contributed by atoms with Gasteiger partial charge in [-0.2, -0.15) is 0 Å². The van der Waals surface area contributed by atoms with Crippen molar-refractivity contribution in [3.8, 4) is 0 Å². The Hall–Kier alpha value is -2.63. The van der Waals surface area contributed by atoms with Crippen LogP contribution in [-0.2, 0) is 14.4 Å². The number of carboxylic acid groups (broad SMARTS) is 1. The molecule has 132 valence electrons. The number of hydrogen-bond donors (Lipinski definition) is 1. The molecule has 2 atom stereocenters. The van der Waals surface area contributed by atoms with Crippen LogP contribution >= 0.6 is 0 Å². The molecule has 2 unspecified atom stereocenters. The monoisotopic (exact) mass is 342 g/mol. The summed E-state index contributed by atoms with van der Waals surface area (Å²) in [6.45, 7) is 3.00. The third-order valence-corrected chi connectivity index (χ3v) is 4.84. The number of aliphatic carboxylic acids is 1. The molecule has 1 fully saturated rings. The van der Waals surface area contributed by atoms with Crippen molar-refractivity contribution in [3.63, 3.8) is 0 Å². The summed E-state index contributed by atoms with van der Waals surface area (Å²) in [4.78, 5) is 39.3. The van der Waals surface area contributed by atoms with E-state index in [1.54, 1.807) is 11.1 Å². The summed E-state index contributed by atoms with van der Waals surface area (Å²) in [5, 5.41) is 9.31. The number of amides is 2. The second-order valence-corrected chi connectivity index (χ2v) is 6.64. The quantitative estimate of drug-likeness (QED) is 0.891. The van der Waals surface area contributed by atoms with Gasteiger partial charge in [-0.15, -0.1) is 0 Å². The molecule has 3 rings (SSSR count). The zero-order chi connectivity index (χ0) is 18.1. The molecular formula is C19H22N2O4. The summed E-state index contributed by atoms with van der Waals surface area (Å²) in [6.07, 6.45) is 5.30. The van der Waals surface area contributed by atoms with E-state index in [-0.39, 0.29) is 24.3 Å². The summed E-state index contributed by atoms with van der Waals surface area (Å²) < 4.78 is 0. The van der Waals surface area contributed by atoms with E-state index in [2.05, 4.69) is 0 Å². The molecule has 0 bridgehead atoms. The molecule has 0 aromatic heterocycles. The molecule has 1 aromatic rings. The van der Waals surface area contributed by atoms with E-state index in [0.717, 1.165) is 24.0 Å². The molecule has 25 heavy (non-hydrogen) atoms. The summed E-state index contributed by atoms with van der Waals surface area (Å²) in [6, 6.07) is 6.38. The predicted octanol–water partition coefficient (Wildman–Crippen LogP) is 2.41. The Bertz CT molecular complexity index is 739. The highest BCUT2D eigenvalue weighted by Crippen LogP contribution is 2.35. The fourth-order valence-electron chi connectivity index (χ4n) is 3.39. The number of fused-ring (bicyclic) bond motifs is 1. The average molecular weight is 342 g/mol. The van der Waals surface area contributed by atoms with Crippen LogP contribution < -0.4 is 0 Å². The minimum atomic E-state index is -1.01. The number of rotatable bonds is 5. The van der Waals surface area contributed by atoms with Crippen molar-refractivity contribution in [1.82, 2.24) is 9.80 Å². The Kier molecular flexibility index (Phi) is 4.61. The third-order valence-electron chi connectivity index (χ3n) is 4.84. The normalized spacial score (nSPS) is 19.9. The minimum Gasteiger partial charge on any atom is -0.480 e. The smallest absolute Gasteiger partial charge is 0.326 e.